The summed E-state index contributed by atoms with van der Waals surface area (Å²) in [5.41, 5.74) is 2.80. The maximum Gasteiger partial charge on any atom is 0.217 e. The number of amides is 1. The molecular weight excluding hydrogens is 337 g/mol. The third kappa shape index (κ3) is 2.52. The predicted molar refractivity (Wildman–Crippen MR) is 89.0 cm³/mol. The second-order valence-corrected chi connectivity index (χ2v) is 6.33. The number of aromatic nitrogens is 1. The smallest absolute Gasteiger partial charge is 0.217 e. The number of hydrogen-bond acceptors (Lipinski definition) is 3. The van der Waals surface area contributed by atoms with E-state index in [4.69, 9.17) is 33.2 Å². The molecule has 0 spiro atoms. The highest BCUT2D eigenvalue weighted by Gasteiger charge is 2.31. The van der Waals surface area contributed by atoms with Crippen LogP contribution in [0.2, 0.25) is 10.0 Å². The Kier molecular flexibility index (Phi) is 4.13. The van der Waals surface area contributed by atoms with Gasteiger partial charge in [-0.05, 0) is 18.9 Å². The van der Waals surface area contributed by atoms with Crippen molar-refractivity contribution in [1.29, 1.82) is 5.26 Å². The molecule has 2 heterocycles. The van der Waals surface area contributed by atoms with Crippen molar-refractivity contribution in [2.24, 2.45) is 0 Å². The summed E-state index contributed by atoms with van der Waals surface area (Å²) in [7, 11) is 0. The van der Waals surface area contributed by atoms with Crippen LogP contribution in [0.3, 0.4) is 0 Å². The van der Waals surface area contributed by atoms with Gasteiger partial charge in [0.15, 0.2) is 6.61 Å². The molecule has 1 N–H and O–H groups in total. The van der Waals surface area contributed by atoms with E-state index in [0.717, 1.165) is 35.1 Å². The second-order valence-electron chi connectivity index (χ2n) is 5.54. The molecule has 1 aliphatic rings. The van der Waals surface area contributed by atoms with Crippen LogP contribution in [-0.4, -0.2) is 17.1 Å². The van der Waals surface area contributed by atoms with Crippen molar-refractivity contribution in [2.75, 3.05) is 6.61 Å². The number of nitriles is 1. The topological polar surface area (TPSA) is 67.1 Å². The zero-order valence-corrected chi connectivity index (χ0v) is 14.3. The molecule has 1 aliphatic heterocycles. The molecule has 0 fully saturated rings. The Balaban J connectivity index is 2.25. The van der Waals surface area contributed by atoms with Gasteiger partial charge in [-0.1, -0.05) is 23.2 Å². The first-order valence-corrected chi connectivity index (χ1v) is 7.98. The van der Waals surface area contributed by atoms with Crippen molar-refractivity contribution in [2.45, 2.75) is 32.9 Å². The van der Waals surface area contributed by atoms with Crippen LogP contribution in [0.4, 0.5) is 0 Å². The maximum atomic E-state index is 11.4. The van der Waals surface area contributed by atoms with Gasteiger partial charge in [0.25, 0.3) is 0 Å². The largest absolute Gasteiger partial charge is 0.478 e. The molecule has 7 heteroatoms. The first-order chi connectivity index (χ1) is 11.0. The first-order valence-electron chi connectivity index (χ1n) is 7.23. The minimum atomic E-state index is -0.0711. The van der Waals surface area contributed by atoms with E-state index >= 15 is 0 Å². The second kappa shape index (κ2) is 5.95. The van der Waals surface area contributed by atoms with E-state index in [1.54, 1.807) is 6.07 Å². The average Bonchev–Trinajstić information content (AvgIpc) is 3.01. The highest BCUT2D eigenvalue weighted by molar-refractivity contribution is 6.45. The Morgan fingerprint density at radius 1 is 1.57 bits per heavy atom. The Hall–Kier alpha value is -1.90. The number of halogens is 2. The number of nitrogens with one attached hydrogen (secondary N) is 1. The third-order valence-electron chi connectivity index (χ3n) is 4.12. The molecule has 1 atom stereocenters. The van der Waals surface area contributed by atoms with Gasteiger partial charge in [-0.3, -0.25) is 4.79 Å². The van der Waals surface area contributed by atoms with Crippen LogP contribution < -0.4 is 10.1 Å². The minimum Gasteiger partial charge on any atom is -0.478 e. The van der Waals surface area contributed by atoms with Crippen molar-refractivity contribution in [3.8, 4) is 11.8 Å². The summed E-state index contributed by atoms with van der Waals surface area (Å²) in [6.45, 7) is 4.15. The average molecular weight is 352 g/mol. The highest BCUT2D eigenvalue weighted by atomic mass is 35.5. The Bertz CT molecular complexity index is 852. The van der Waals surface area contributed by atoms with Gasteiger partial charge in [-0.25, -0.2) is 0 Å². The fraction of sp³-hybridized carbons (Fsp3) is 0.375. The lowest BCUT2D eigenvalue weighted by molar-refractivity contribution is -0.119. The number of benzene rings is 1. The quantitative estimate of drug-likeness (QED) is 0.915. The molecule has 1 aromatic heterocycles. The number of nitrogens with zero attached hydrogens (tertiary/aromatic N) is 2. The van der Waals surface area contributed by atoms with Gasteiger partial charge in [-0.2, -0.15) is 5.26 Å². The van der Waals surface area contributed by atoms with Crippen molar-refractivity contribution in [3.63, 3.8) is 0 Å². The number of aryl methyl sites for hydroxylation is 2. The molecule has 0 radical (unpaired) electrons. The molecule has 5 nitrogen and oxygen atoms in total. The Morgan fingerprint density at radius 3 is 2.96 bits per heavy atom. The minimum absolute atomic E-state index is 0.0569. The van der Waals surface area contributed by atoms with Crippen molar-refractivity contribution >= 4 is 40.0 Å². The van der Waals surface area contributed by atoms with Crippen LogP contribution in [0.1, 0.15) is 30.6 Å². The molecule has 1 unspecified atom stereocenters. The van der Waals surface area contributed by atoms with Gasteiger partial charge in [0, 0.05) is 30.6 Å². The summed E-state index contributed by atoms with van der Waals surface area (Å²) < 4.78 is 7.62. The van der Waals surface area contributed by atoms with Crippen molar-refractivity contribution in [1.82, 2.24) is 9.88 Å². The summed E-state index contributed by atoms with van der Waals surface area (Å²) in [6, 6.07) is 3.54. The van der Waals surface area contributed by atoms with Crippen LogP contribution in [0.5, 0.6) is 5.75 Å². The van der Waals surface area contributed by atoms with Gasteiger partial charge in [0.1, 0.15) is 11.8 Å². The number of ether oxygens (including phenoxy) is 1. The standard InChI is InChI=1S/C16H15Cl2N3O2/c1-8-13-12(23-6-4-19)7-10(17)14(18)16(13)21-5-3-11(15(8)21)20-9(2)22/h7,11H,3,5-6H2,1-2H3,(H,20,22). The first kappa shape index (κ1) is 16.0. The summed E-state index contributed by atoms with van der Waals surface area (Å²) in [5, 5.41) is 13.4. The van der Waals surface area contributed by atoms with Crippen LogP contribution in [0, 0.1) is 18.3 Å². The molecular formula is C16H15Cl2N3O2. The molecule has 2 aromatic rings. The van der Waals surface area contributed by atoms with E-state index < -0.39 is 0 Å². The number of fused-ring (bicyclic) bond motifs is 3. The molecule has 23 heavy (non-hydrogen) atoms. The Labute approximate surface area is 143 Å². The normalized spacial score (nSPS) is 16.2. The lowest BCUT2D eigenvalue weighted by Crippen LogP contribution is -2.24. The summed E-state index contributed by atoms with van der Waals surface area (Å²) >= 11 is 12.6. The van der Waals surface area contributed by atoms with Crippen molar-refractivity contribution in [3.05, 3.63) is 27.4 Å². The summed E-state index contributed by atoms with van der Waals surface area (Å²) in [5.74, 6) is 0.468. The zero-order chi connectivity index (χ0) is 16.7. The van der Waals surface area contributed by atoms with Crippen LogP contribution in [0.15, 0.2) is 6.07 Å². The van der Waals surface area contributed by atoms with Gasteiger partial charge in [0.05, 0.1) is 21.6 Å². The van der Waals surface area contributed by atoms with Gasteiger partial charge >= 0.3 is 0 Å². The number of rotatable bonds is 3. The fourth-order valence-corrected chi connectivity index (χ4v) is 3.78. The molecule has 0 saturated carbocycles. The van der Waals surface area contributed by atoms with Crippen molar-refractivity contribution < 1.29 is 9.53 Å². The van der Waals surface area contributed by atoms with Crippen LogP contribution in [0.25, 0.3) is 10.9 Å². The molecule has 1 aromatic carbocycles. The molecule has 0 aliphatic carbocycles. The van der Waals surface area contributed by atoms with Gasteiger partial charge in [0.2, 0.25) is 5.91 Å². The number of carbonyl (C=O) groups excluding carboxylic acids is 1. The SMILES string of the molecule is CC(=O)NC1CCn2c1c(C)c1c(OCC#N)cc(Cl)c(Cl)c12. The zero-order valence-electron chi connectivity index (χ0n) is 12.7. The lowest BCUT2D eigenvalue weighted by atomic mass is 10.1. The summed E-state index contributed by atoms with van der Waals surface area (Å²) in [4.78, 5) is 11.4. The van der Waals surface area contributed by atoms with E-state index in [1.807, 2.05) is 13.0 Å². The van der Waals surface area contributed by atoms with E-state index in [1.165, 1.54) is 6.92 Å². The van der Waals surface area contributed by atoms with E-state index in [-0.39, 0.29) is 18.6 Å². The van der Waals surface area contributed by atoms with Crippen LogP contribution in [-0.2, 0) is 11.3 Å². The monoisotopic (exact) mass is 351 g/mol. The van der Waals surface area contributed by atoms with Crippen LogP contribution >= 0.6 is 23.2 Å². The molecule has 0 bridgehead atoms. The predicted octanol–water partition coefficient (Wildman–Crippen LogP) is 3.74. The van der Waals surface area contributed by atoms with E-state index in [0.29, 0.717) is 15.8 Å². The number of carbonyl (C=O) groups is 1. The third-order valence-corrected chi connectivity index (χ3v) is 4.90. The maximum absolute atomic E-state index is 11.4. The van der Waals surface area contributed by atoms with E-state index in [9.17, 15) is 4.79 Å². The molecule has 0 saturated heterocycles. The number of hydrogen-bond donors (Lipinski definition) is 1. The van der Waals surface area contributed by atoms with Gasteiger partial charge < -0.3 is 14.6 Å². The molecule has 120 valence electrons. The summed E-state index contributed by atoms with van der Waals surface area (Å²) in [6.07, 6.45) is 0.808. The highest BCUT2D eigenvalue weighted by Crippen LogP contribution is 2.45. The van der Waals surface area contributed by atoms with E-state index in [2.05, 4.69) is 9.88 Å². The fourth-order valence-electron chi connectivity index (χ4n) is 3.34. The lowest BCUT2D eigenvalue weighted by Gasteiger charge is -2.12. The Morgan fingerprint density at radius 2 is 2.30 bits per heavy atom. The van der Waals surface area contributed by atoms with Gasteiger partial charge in [-0.15, -0.1) is 0 Å². The molecule has 3 rings (SSSR count). The molecule has 1 amide bonds.